The third-order valence-electron chi connectivity index (χ3n) is 4.42. The summed E-state index contributed by atoms with van der Waals surface area (Å²) in [5.41, 5.74) is -1.21. The van der Waals surface area contributed by atoms with Gasteiger partial charge in [0.05, 0.1) is 11.3 Å². The number of carbonyl (C=O) groups excluding carboxylic acids is 3. The van der Waals surface area contributed by atoms with Gasteiger partial charge in [-0.2, -0.15) is 13.2 Å². The molecule has 3 rings (SSSR count). The Morgan fingerprint density at radius 2 is 1.49 bits per heavy atom. The third kappa shape index (κ3) is 7.29. The highest BCUT2D eigenvalue weighted by atomic mass is 19.4. The summed E-state index contributed by atoms with van der Waals surface area (Å²) in [5.74, 6) is -3.17. The zero-order valence-electron chi connectivity index (χ0n) is 17.9. The van der Waals surface area contributed by atoms with Crippen LogP contribution in [0, 0.1) is 5.82 Å². The number of amides is 2. The standard InChI is InChI=1S/C24H18F4N2O5/c25-18-9-2-3-10-19(18)30-22(32)13-34-20-11-4-1-8-17(20)23(33)35-14-21(31)29-16-7-5-6-15(12-16)24(26,27)28/h1-12H,13-14H2,(H,29,31)(H,30,32). The van der Waals surface area contributed by atoms with Crippen molar-refractivity contribution in [3.8, 4) is 5.75 Å². The second-order valence-corrected chi connectivity index (χ2v) is 7.02. The van der Waals surface area contributed by atoms with Gasteiger partial charge in [0.25, 0.3) is 11.8 Å². The summed E-state index contributed by atoms with van der Waals surface area (Å²) < 4.78 is 62.3. The van der Waals surface area contributed by atoms with Gasteiger partial charge in [-0.25, -0.2) is 9.18 Å². The average Bonchev–Trinajstić information content (AvgIpc) is 2.82. The summed E-state index contributed by atoms with van der Waals surface area (Å²) in [5, 5.41) is 4.54. The van der Waals surface area contributed by atoms with Crippen LogP contribution in [0.15, 0.2) is 72.8 Å². The molecule has 0 bridgehead atoms. The average molecular weight is 490 g/mol. The van der Waals surface area contributed by atoms with Gasteiger partial charge in [-0.15, -0.1) is 0 Å². The van der Waals surface area contributed by atoms with Crippen LogP contribution in [0.2, 0.25) is 0 Å². The van der Waals surface area contributed by atoms with Gasteiger partial charge in [-0.3, -0.25) is 9.59 Å². The number of nitrogens with one attached hydrogen (secondary N) is 2. The summed E-state index contributed by atoms with van der Waals surface area (Å²) in [6.07, 6.45) is -4.58. The number of anilines is 2. The van der Waals surface area contributed by atoms with E-state index in [9.17, 15) is 31.9 Å². The summed E-state index contributed by atoms with van der Waals surface area (Å²) >= 11 is 0. The monoisotopic (exact) mass is 490 g/mol. The molecular weight excluding hydrogens is 472 g/mol. The second kappa shape index (κ2) is 11.1. The largest absolute Gasteiger partial charge is 0.483 e. The number of alkyl halides is 3. The first-order chi connectivity index (χ1) is 16.6. The predicted octanol–water partition coefficient (Wildman–Crippen LogP) is 4.66. The van der Waals surface area contributed by atoms with Gasteiger partial charge in [0.15, 0.2) is 13.2 Å². The predicted molar refractivity (Wildman–Crippen MR) is 117 cm³/mol. The van der Waals surface area contributed by atoms with Crippen molar-refractivity contribution in [3.63, 3.8) is 0 Å². The van der Waals surface area contributed by atoms with Crippen molar-refractivity contribution in [2.24, 2.45) is 0 Å². The van der Waals surface area contributed by atoms with Crippen molar-refractivity contribution in [1.82, 2.24) is 0 Å². The van der Waals surface area contributed by atoms with E-state index in [1.165, 1.54) is 54.6 Å². The molecule has 0 heterocycles. The van der Waals surface area contributed by atoms with E-state index in [1.54, 1.807) is 0 Å². The fourth-order valence-electron chi connectivity index (χ4n) is 2.83. The van der Waals surface area contributed by atoms with Gasteiger partial charge in [0.2, 0.25) is 0 Å². The molecule has 0 aliphatic rings. The van der Waals surface area contributed by atoms with Crippen LogP contribution < -0.4 is 15.4 Å². The fourth-order valence-corrected chi connectivity index (χ4v) is 2.83. The SMILES string of the molecule is O=C(COC(=O)c1ccccc1OCC(=O)Nc1ccccc1F)Nc1cccc(C(F)(F)F)c1. The zero-order chi connectivity index (χ0) is 25.4. The molecule has 0 saturated heterocycles. The summed E-state index contributed by atoms with van der Waals surface area (Å²) in [6.45, 7) is -1.33. The molecule has 3 aromatic rings. The summed E-state index contributed by atoms with van der Waals surface area (Å²) in [6, 6.07) is 15.2. The molecule has 2 amide bonds. The molecule has 3 aromatic carbocycles. The minimum atomic E-state index is -4.58. The first-order valence-electron chi connectivity index (χ1n) is 10.0. The maximum absolute atomic E-state index is 13.6. The van der Waals surface area contributed by atoms with Crippen LogP contribution >= 0.6 is 0 Å². The van der Waals surface area contributed by atoms with Crippen LogP contribution in [-0.2, 0) is 20.5 Å². The van der Waals surface area contributed by atoms with Crippen molar-refractivity contribution in [2.75, 3.05) is 23.8 Å². The molecule has 0 aliphatic carbocycles. The minimum absolute atomic E-state index is 0.0283. The molecule has 11 heteroatoms. The zero-order valence-corrected chi connectivity index (χ0v) is 17.9. The first-order valence-corrected chi connectivity index (χ1v) is 10.0. The lowest BCUT2D eigenvalue weighted by atomic mass is 10.2. The Bertz CT molecular complexity index is 1230. The van der Waals surface area contributed by atoms with Crippen LogP contribution in [0.25, 0.3) is 0 Å². The van der Waals surface area contributed by atoms with Crippen LogP contribution in [0.5, 0.6) is 5.75 Å². The highest BCUT2D eigenvalue weighted by molar-refractivity contribution is 5.97. The van der Waals surface area contributed by atoms with Crippen molar-refractivity contribution in [1.29, 1.82) is 0 Å². The highest BCUT2D eigenvalue weighted by Crippen LogP contribution is 2.30. The number of benzene rings is 3. The lowest BCUT2D eigenvalue weighted by Gasteiger charge is -2.12. The van der Waals surface area contributed by atoms with Crippen molar-refractivity contribution in [3.05, 3.63) is 89.7 Å². The van der Waals surface area contributed by atoms with Crippen LogP contribution in [-0.4, -0.2) is 31.0 Å². The van der Waals surface area contributed by atoms with Gasteiger partial charge in [0, 0.05) is 5.69 Å². The highest BCUT2D eigenvalue weighted by Gasteiger charge is 2.30. The Labute approximate surface area is 196 Å². The summed E-state index contributed by atoms with van der Waals surface area (Å²) in [7, 11) is 0. The topological polar surface area (TPSA) is 93.7 Å². The molecule has 0 unspecified atom stereocenters. The number of carbonyl (C=O) groups is 3. The van der Waals surface area contributed by atoms with Crippen molar-refractivity contribution < 1.29 is 41.4 Å². The Balaban J connectivity index is 1.55. The van der Waals surface area contributed by atoms with E-state index in [4.69, 9.17) is 9.47 Å². The number of hydrogen-bond acceptors (Lipinski definition) is 5. The lowest BCUT2D eigenvalue weighted by Crippen LogP contribution is -2.23. The van der Waals surface area contributed by atoms with Crippen LogP contribution in [0.3, 0.4) is 0 Å². The third-order valence-corrected chi connectivity index (χ3v) is 4.42. The molecule has 2 N–H and O–H groups in total. The molecule has 0 aromatic heterocycles. The maximum atomic E-state index is 13.6. The van der Waals surface area contributed by atoms with Gasteiger partial charge >= 0.3 is 12.1 Å². The Morgan fingerprint density at radius 1 is 0.800 bits per heavy atom. The smallest absolute Gasteiger partial charge is 0.416 e. The lowest BCUT2D eigenvalue weighted by molar-refractivity contribution is -0.137. The van der Waals surface area contributed by atoms with E-state index in [1.807, 2.05) is 0 Å². The number of halogens is 4. The van der Waals surface area contributed by atoms with Crippen LogP contribution in [0.4, 0.5) is 28.9 Å². The van der Waals surface area contributed by atoms with Gasteiger partial charge in [-0.05, 0) is 42.5 Å². The van der Waals surface area contributed by atoms with Crippen molar-refractivity contribution >= 4 is 29.2 Å². The van der Waals surface area contributed by atoms with Crippen molar-refractivity contribution in [2.45, 2.75) is 6.18 Å². The molecule has 182 valence electrons. The second-order valence-electron chi connectivity index (χ2n) is 7.02. The molecule has 7 nitrogen and oxygen atoms in total. The van der Waals surface area contributed by atoms with E-state index in [2.05, 4.69) is 10.6 Å². The molecule has 0 atom stereocenters. The Kier molecular flexibility index (Phi) is 8.03. The molecule has 0 saturated carbocycles. The molecular formula is C24H18F4N2O5. The minimum Gasteiger partial charge on any atom is -0.483 e. The number of para-hydroxylation sites is 2. The summed E-state index contributed by atoms with van der Waals surface area (Å²) in [4.78, 5) is 36.5. The molecule has 0 fully saturated rings. The van der Waals surface area contributed by atoms with E-state index < -0.39 is 48.6 Å². The van der Waals surface area contributed by atoms with Gasteiger partial charge in [0.1, 0.15) is 17.1 Å². The molecule has 0 radical (unpaired) electrons. The Morgan fingerprint density at radius 3 is 2.23 bits per heavy atom. The van der Waals surface area contributed by atoms with E-state index >= 15 is 0 Å². The van der Waals surface area contributed by atoms with E-state index in [-0.39, 0.29) is 22.7 Å². The molecule has 35 heavy (non-hydrogen) atoms. The Hall–Kier alpha value is -4.41. The fraction of sp³-hybridized carbons (Fsp3) is 0.125. The van der Waals surface area contributed by atoms with Gasteiger partial charge < -0.3 is 20.1 Å². The number of ether oxygens (including phenoxy) is 2. The molecule has 0 aliphatic heterocycles. The number of hydrogen-bond donors (Lipinski definition) is 2. The quantitative estimate of drug-likeness (QED) is 0.354. The molecule has 0 spiro atoms. The van der Waals surface area contributed by atoms with Crippen LogP contribution in [0.1, 0.15) is 15.9 Å². The maximum Gasteiger partial charge on any atom is 0.416 e. The van der Waals surface area contributed by atoms with E-state index in [0.29, 0.717) is 0 Å². The van der Waals surface area contributed by atoms with Gasteiger partial charge in [-0.1, -0.05) is 30.3 Å². The number of esters is 1. The number of rotatable bonds is 8. The normalized spacial score (nSPS) is 10.9. The first kappa shape index (κ1) is 25.2. The van der Waals surface area contributed by atoms with E-state index in [0.717, 1.165) is 18.2 Å².